The maximum absolute atomic E-state index is 13.0. The minimum Gasteiger partial charge on any atom is -0.497 e. The molecule has 0 bridgehead atoms. The third-order valence-corrected chi connectivity index (χ3v) is 7.33. The van der Waals surface area contributed by atoms with E-state index in [-0.39, 0.29) is 0 Å². The van der Waals surface area contributed by atoms with Crippen molar-refractivity contribution in [3.05, 3.63) is 59.7 Å². The van der Waals surface area contributed by atoms with Crippen molar-refractivity contribution in [2.24, 2.45) is 0 Å². The van der Waals surface area contributed by atoms with Gasteiger partial charge in [0.05, 0.1) is 12.0 Å². The average molecular weight is 389 g/mol. The number of aryl methyl sites for hydroxylation is 1. The van der Waals surface area contributed by atoms with Gasteiger partial charge in [-0.1, -0.05) is 30.3 Å². The number of hydrogen-bond donors (Lipinski definition) is 0. The van der Waals surface area contributed by atoms with Gasteiger partial charge in [-0.15, -0.1) is 0 Å². The molecule has 1 aliphatic heterocycles. The topological polar surface area (TPSA) is 49.9 Å². The number of piperazine rings is 1. The Kier molecular flexibility index (Phi) is 6.19. The molecular formula is C21H28N2O3S. The van der Waals surface area contributed by atoms with Gasteiger partial charge in [-0.3, -0.25) is 4.90 Å². The molecule has 2 aromatic carbocycles. The largest absolute Gasteiger partial charge is 0.497 e. The summed E-state index contributed by atoms with van der Waals surface area (Å²) in [6.07, 6.45) is 0.977. The van der Waals surface area contributed by atoms with Gasteiger partial charge in [-0.25, -0.2) is 8.42 Å². The van der Waals surface area contributed by atoms with E-state index < -0.39 is 10.0 Å². The van der Waals surface area contributed by atoms with E-state index in [4.69, 9.17) is 4.74 Å². The summed E-state index contributed by atoms with van der Waals surface area (Å²) >= 11 is 0. The van der Waals surface area contributed by atoms with Gasteiger partial charge >= 0.3 is 0 Å². The molecule has 146 valence electrons. The fourth-order valence-electron chi connectivity index (χ4n) is 3.65. The summed E-state index contributed by atoms with van der Waals surface area (Å²) < 4.78 is 32.9. The molecule has 3 rings (SSSR count). The van der Waals surface area contributed by atoms with Crippen molar-refractivity contribution >= 4 is 10.0 Å². The molecule has 6 heteroatoms. The van der Waals surface area contributed by atoms with Crippen LogP contribution in [0.1, 0.15) is 18.1 Å². The lowest BCUT2D eigenvalue weighted by atomic mass is 10.1. The summed E-state index contributed by atoms with van der Waals surface area (Å²) in [5.74, 6) is 0.672. The molecule has 2 aromatic rings. The van der Waals surface area contributed by atoms with E-state index in [9.17, 15) is 8.42 Å². The first-order chi connectivity index (χ1) is 12.9. The monoisotopic (exact) mass is 388 g/mol. The second-order valence-electron chi connectivity index (χ2n) is 7.11. The van der Waals surface area contributed by atoms with Crippen LogP contribution in [0.3, 0.4) is 0 Å². The van der Waals surface area contributed by atoms with Crippen LogP contribution in [0.2, 0.25) is 0 Å². The minimum absolute atomic E-state index is 0.370. The highest BCUT2D eigenvalue weighted by molar-refractivity contribution is 7.89. The number of ether oxygens (including phenoxy) is 1. The molecule has 27 heavy (non-hydrogen) atoms. The van der Waals surface area contributed by atoms with E-state index in [1.807, 2.05) is 13.0 Å². The number of methoxy groups -OCH3 is 1. The van der Waals surface area contributed by atoms with Crippen molar-refractivity contribution in [2.75, 3.05) is 33.3 Å². The molecule has 0 aromatic heterocycles. The molecule has 1 saturated heterocycles. The fraction of sp³-hybridized carbons (Fsp3) is 0.429. The molecule has 1 aliphatic rings. The zero-order chi connectivity index (χ0) is 19.4. The third-order valence-electron chi connectivity index (χ3n) is 5.27. The summed E-state index contributed by atoms with van der Waals surface area (Å²) in [4.78, 5) is 2.74. The van der Waals surface area contributed by atoms with Gasteiger partial charge in [0.1, 0.15) is 5.75 Å². The number of rotatable bonds is 6. The van der Waals surface area contributed by atoms with Crippen molar-refractivity contribution in [2.45, 2.75) is 31.2 Å². The minimum atomic E-state index is -3.47. The maximum Gasteiger partial charge on any atom is 0.243 e. The van der Waals surface area contributed by atoms with Gasteiger partial charge < -0.3 is 4.74 Å². The summed E-state index contributed by atoms with van der Waals surface area (Å²) in [6, 6.07) is 15.9. The number of benzene rings is 2. The van der Waals surface area contributed by atoms with Gasteiger partial charge in [-0.05, 0) is 49.6 Å². The molecular weight excluding hydrogens is 360 g/mol. The Hall–Kier alpha value is -1.89. The summed E-state index contributed by atoms with van der Waals surface area (Å²) in [5.41, 5.74) is 2.03. The Balaban J connectivity index is 1.64. The van der Waals surface area contributed by atoms with Gasteiger partial charge in [-0.2, -0.15) is 4.31 Å². The first kappa shape index (κ1) is 19.9. The lowest BCUT2D eigenvalue weighted by Crippen LogP contribution is -2.51. The Morgan fingerprint density at radius 1 is 1.04 bits per heavy atom. The van der Waals surface area contributed by atoms with Crippen LogP contribution in [0.5, 0.6) is 5.75 Å². The van der Waals surface area contributed by atoms with Crippen LogP contribution < -0.4 is 4.74 Å². The van der Waals surface area contributed by atoms with Crippen LogP contribution in [0.4, 0.5) is 0 Å². The Morgan fingerprint density at radius 2 is 1.70 bits per heavy atom. The van der Waals surface area contributed by atoms with Crippen molar-refractivity contribution in [1.29, 1.82) is 0 Å². The lowest BCUT2D eigenvalue weighted by Gasteiger charge is -2.37. The predicted molar refractivity (Wildman–Crippen MR) is 108 cm³/mol. The van der Waals surface area contributed by atoms with Gasteiger partial charge in [0.15, 0.2) is 0 Å². The van der Waals surface area contributed by atoms with Crippen LogP contribution in [0, 0.1) is 6.92 Å². The van der Waals surface area contributed by atoms with E-state index in [0.717, 1.165) is 19.5 Å². The van der Waals surface area contributed by atoms with E-state index >= 15 is 0 Å². The Bertz CT molecular complexity index is 860. The molecule has 0 saturated carbocycles. The van der Waals surface area contributed by atoms with Crippen LogP contribution in [0.15, 0.2) is 53.4 Å². The smallest absolute Gasteiger partial charge is 0.243 e. The van der Waals surface area contributed by atoms with Gasteiger partial charge in [0.2, 0.25) is 10.0 Å². The summed E-state index contributed by atoms with van der Waals surface area (Å²) in [5, 5.41) is 0. The van der Waals surface area contributed by atoms with Gasteiger partial charge in [0, 0.05) is 32.2 Å². The Morgan fingerprint density at radius 3 is 2.30 bits per heavy atom. The van der Waals surface area contributed by atoms with Crippen LogP contribution >= 0.6 is 0 Å². The zero-order valence-corrected chi connectivity index (χ0v) is 17.1. The van der Waals surface area contributed by atoms with E-state index in [0.29, 0.717) is 35.3 Å². The molecule has 0 radical (unpaired) electrons. The third kappa shape index (κ3) is 4.51. The normalized spacial score (nSPS) is 17.6. The average Bonchev–Trinajstić information content (AvgIpc) is 2.68. The molecule has 1 fully saturated rings. The molecule has 0 spiro atoms. The zero-order valence-electron chi connectivity index (χ0n) is 16.3. The highest BCUT2D eigenvalue weighted by Gasteiger charge is 2.31. The van der Waals surface area contributed by atoms with E-state index in [1.54, 1.807) is 29.6 Å². The highest BCUT2D eigenvalue weighted by Crippen LogP contribution is 2.25. The number of sulfonamides is 1. The number of nitrogens with zero attached hydrogens (tertiary/aromatic N) is 2. The van der Waals surface area contributed by atoms with Crippen molar-refractivity contribution in [3.63, 3.8) is 0 Å². The van der Waals surface area contributed by atoms with E-state index in [1.165, 1.54) is 5.56 Å². The molecule has 0 N–H and O–H groups in total. The van der Waals surface area contributed by atoms with Crippen LogP contribution in [-0.2, 0) is 16.4 Å². The van der Waals surface area contributed by atoms with Crippen molar-refractivity contribution in [1.82, 2.24) is 9.21 Å². The summed E-state index contributed by atoms with van der Waals surface area (Å²) in [6.45, 7) is 6.57. The van der Waals surface area contributed by atoms with E-state index in [2.05, 4.69) is 36.1 Å². The second-order valence-corrected chi connectivity index (χ2v) is 9.02. The maximum atomic E-state index is 13.0. The molecule has 0 amide bonds. The quantitative estimate of drug-likeness (QED) is 0.763. The lowest BCUT2D eigenvalue weighted by molar-refractivity contribution is 0.145. The van der Waals surface area contributed by atoms with Crippen LogP contribution in [0.25, 0.3) is 0 Å². The SMILES string of the molecule is COc1ccc(S(=O)(=O)N2CCN(C(C)Cc3ccccc3)CC2)c(C)c1. The van der Waals surface area contributed by atoms with Crippen molar-refractivity contribution < 1.29 is 13.2 Å². The molecule has 1 heterocycles. The molecule has 1 unspecified atom stereocenters. The van der Waals surface area contributed by atoms with Crippen molar-refractivity contribution in [3.8, 4) is 5.75 Å². The molecule has 0 aliphatic carbocycles. The highest BCUT2D eigenvalue weighted by atomic mass is 32.2. The standard InChI is InChI=1S/C21H28N2O3S/c1-17-15-20(26-3)9-10-21(17)27(24,25)23-13-11-22(12-14-23)18(2)16-19-7-5-4-6-8-19/h4-10,15,18H,11-14,16H2,1-3H3. The Labute approximate surface area is 162 Å². The first-order valence-corrected chi connectivity index (χ1v) is 10.8. The predicted octanol–water partition coefficient (Wildman–Crippen LogP) is 2.94. The summed E-state index contributed by atoms with van der Waals surface area (Å²) in [7, 11) is -1.89. The fourth-order valence-corrected chi connectivity index (χ4v) is 5.27. The number of hydrogen-bond acceptors (Lipinski definition) is 4. The molecule has 1 atom stereocenters. The second kappa shape index (κ2) is 8.42. The van der Waals surface area contributed by atoms with Crippen LogP contribution in [-0.4, -0.2) is 57.0 Å². The molecule has 5 nitrogen and oxygen atoms in total. The van der Waals surface area contributed by atoms with Gasteiger partial charge in [0.25, 0.3) is 0 Å². The first-order valence-electron chi connectivity index (χ1n) is 9.34.